The molecule has 8 nitrogen and oxygen atoms in total. The summed E-state index contributed by atoms with van der Waals surface area (Å²) in [6.07, 6.45) is 2.08. The highest BCUT2D eigenvalue weighted by Crippen LogP contribution is 2.36. The Morgan fingerprint density at radius 1 is 1.15 bits per heavy atom. The molecule has 0 bridgehead atoms. The van der Waals surface area contributed by atoms with Gasteiger partial charge >= 0.3 is 0 Å². The van der Waals surface area contributed by atoms with Crippen molar-refractivity contribution < 1.29 is 13.2 Å². The molecule has 1 aromatic heterocycles. The van der Waals surface area contributed by atoms with Gasteiger partial charge in [0.05, 0.1) is 16.3 Å². The number of benzene rings is 3. The zero-order chi connectivity index (χ0) is 24.0. The maximum absolute atomic E-state index is 12.6. The molecule has 11 heteroatoms. The van der Waals surface area contributed by atoms with E-state index in [4.69, 9.17) is 5.14 Å². The van der Waals surface area contributed by atoms with Crippen LogP contribution in [0.15, 0.2) is 63.3 Å². The van der Waals surface area contributed by atoms with Gasteiger partial charge in [0, 0.05) is 11.1 Å². The predicted octanol–water partition coefficient (Wildman–Crippen LogP) is 3.97. The molecule has 1 amide bonds. The summed E-state index contributed by atoms with van der Waals surface area (Å²) >= 11 is 4.77. The summed E-state index contributed by atoms with van der Waals surface area (Å²) in [4.78, 5) is 12.6. The largest absolute Gasteiger partial charge is 0.325 e. The van der Waals surface area contributed by atoms with E-state index in [2.05, 4.69) is 61.8 Å². The fourth-order valence-electron chi connectivity index (χ4n) is 4.24. The Labute approximate surface area is 209 Å². The molecule has 0 saturated heterocycles. The van der Waals surface area contributed by atoms with Gasteiger partial charge in [-0.3, -0.25) is 9.36 Å². The molecule has 0 saturated carbocycles. The lowest BCUT2D eigenvalue weighted by Gasteiger charge is -2.13. The van der Waals surface area contributed by atoms with Crippen LogP contribution >= 0.6 is 27.7 Å². The van der Waals surface area contributed by atoms with Crippen LogP contribution in [0.3, 0.4) is 0 Å². The van der Waals surface area contributed by atoms with Gasteiger partial charge in [0.2, 0.25) is 20.7 Å². The van der Waals surface area contributed by atoms with Crippen molar-refractivity contribution in [2.24, 2.45) is 5.14 Å². The highest BCUT2D eigenvalue weighted by atomic mass is 79.9. The first-order valence-corrected chi connectivity index (χ1v) is 13.8. The number of anilines is 1. The van der Waals surface area contributed by atoms with Gasteiger partial charge in [0.25, 0.3) is 0 Å². The standard InChI is InChI=1S/C23H20BrN5O3S2/c1-13-11-16(34(25,31)32)8-9-18(13)26-20(30)12-33-23-28-27-22(24)29(23)19-10-7-15-6-5-14-3-2-4-17(19)21(14)15/h2-4,7-11H,5-6,12H2,1H3,(H,26,30)(H2,25,31,32). The summed E-state index contributed by atoms with van der Waals surface area (Å²) in [6.45, 7) is 1.71. The number of nitrogens with zero attached hydrogens (tertiary/aromatic N) is 3. The number of nitrogens with two attached hydrogens (primary N) is 1. The zero-order valence-electron chi connectivity index (χ0n) is 18.1. The van der Waals surface area contributed by atoms with E-state index < -0.39 is 10.0 Å². The summed E-state index contributed by atoms with van der Waals surface area (Å²) in [6, 6.07) is 14.9. The summed E-state index contributed by atoms with van der Waals surface area (Å²) in [5, 5.41) is 19.4. The maximum Gasteiger partial charge on any atom is 0.238 e. The molecule has 0 radical (unpaired) electrons. The number of sulfonamides is 1. The van der Waals surface area contributed by atoms with Gasteiger partial charge in [-0.25, -0.2) is 13.6 Å². The van der Waals surface area contributed by atoms with Crippen LogP contribution in [-0.4, -0.2) is 34.8 Å². The molecule has 0 aliphatic heterocycles. The van der Waals surface area contributed by atoms with Crippen molar-refractivity contribution in [2.75, 3.05) is 11.1 Å². The Balaban J connectivity index is 1.37. The van der Waals surface area contributed by atoms with E-state index in [1.165, 1.54) is 46.5 Å². The second-order valence-electron chi connectivity index (χ2n) is 8.03. The fraction of sp³-hybridized carbons (Fsp3) is 0.174. The number of thioether (sulfide) groups is 1. The molecule has 3 aromatic carbocycles. The smallest absolute Gasteiger partial charge is 0.238 e. The molecule has 5 rings (SSSR count). The van der Waals surface area contributed by atoms with E-state index in [9.17, 15) is 13.2 Å². The fourth-order valence-corrected chi connectivity index (χ4v) is 6.14. The van der Waals surface area contributed by atoms with Crippen molar-refractivity contribution in [3.63, 3.8) is 0 Å². The third kappa shape index (κ3) is 4.24. The lowest BCUT2D eigenvalue weighted by molar-refractivity contribution is -0.113. The van der Waals surface area contributed by atoms with Crippen LogP contribution < -0.4 is 10.5 Å². The monoisotopic (exact) mass is 557 g/mol. The van der Waals surface area contributed by atoms with Crippen molar-refractivity contribution in [1.82, 2.24) is 14.8 Å². The van der Waals surface area contributed by atoms with Gasteiger partial charge < -0.3 is 5.32 Å². The van der Waals surface area contributed by atoms with Gasteiger partial charge in [0.1, 0.15) is 0 Å². The van der Waals surface area contributed by atoms with E-state index in [-0.39, 0.29) is 16.6 Å². The van der Waals surface area contributed by atoms with E-state index >= 15 is 0 Å². The molecule has 1 heterocycles. The summed E-state index contributed by atoms with van der Waals surface area (Å²) < 4.78 is 25.5. The molecule has 1 aliphatic rings. The minimum Gasteiger partial charge on any atom is -0.325 e. The van der Waals surface area contributed by atoms with E-state index in [1.54, 1.807) is 6.92 Å². The second kappa shape index (κ2) is 8.81. The van der Waals surface area contributed by atoms with Crippen molar-refractivity contribution in [3.05, 3.63) is 70.0 Å². The molecule has 34 heavy (non-hydrogen) atoms. The Morgan fingerprint density at radius 3 is 2.65 bits per heavy atom. The maximum atomic E-state index is 12.6. The van der Waals surface area contributed by atoms with Crippen LogP contribution in [0.5, 0.6) is 0 Å². The molecule has 3 N–H and O–H groups in total. The number of carbonyl (C=O) groups excluding carboxylic acids is 1. The van der Waals surface area contributed by atoms with E-state index in [0.717, 1.165) is 23.9 Å². The Bertz CT molecular complexity index is 1560. The molecule has 0 unspecified atom stereocenters. The number of amides is 1. The van der Waals surface area contributed by atoms with Crippen LogP contribution in [0.1, 0.15) is 16.7 Å². The summed E-state index contributed by atoms with van der Waals surface area (Å²) in [5.41, 5.74) is 4.76. The minimum absolute atomic E-state index is 0.000636. The Kier molecular flexibility index (Phi) is 5.96. The van der Waals surface area contributed by atoms with Gasteiger partial charge in [-0.05, 0) is 82.0 Å². The molecule has 0 fully saturated rings. The lowest BCUT2D eigenvalue weighted by Crippen LogP contribution is -2.16. The quantitative estimate of drug-likeness (QED) is 0.346. The van der Waals surface area contributed by atoms with Gasteiger partial charge in [0.15, 0.2) is 5.16 Å². The first kappa shape index (κ1) is 23.0. The topological polar surface area (TPSA) is 120 Å². The first-order chi connectivity index (χ1) is 16.2. The molecule has 1 aliphatic carbocycles. The van der Waals surface area contributed by atoms with Crippen LogP contribution in [0.4, 0.5) is 5.69 Å². The van der Waals surface area contributed by atoms with Crippen LogP contribution in [0.25, 0.3) is 16.5 Å². The van der Waals surface area contributed by atoms with Gasteiger partial charge in [-0.2, -0.15) is 0 Å². The van der Waals surface area contributed by atoms with Crippen LogP contribution in [0, 0.1) is 6.92 Å². The number of aromatic nitrogens is 3. The van der Waals surface area contributed by atoms with Crippen molar-refractivity contribution in [1.29, 1.82) is 0 Å². The Morgan fingerprint density at radius 2 is 1.91 bits per heavy atom. The number of halogens is 1. The highest BCUT2D eigenvalue weighted by molar-refractivity contribution is 9.10. The van der Waals surface area contributed by atoms with E-state index in [0.29, 0.717) is 21.1 Å². The molecule has 4 aromatic rings. The summed E-state index contributed by atoms with van der Waals surface area (Å²) in [7, 11) is -3.80. The van der Waals surface area contributed by atoms with E-state index in [1.807, 2.05) is 4.57 Å². The number of hydrogen-bond donors (Lipinski definition) is 2. The van der Waals surface area contributed by atoms with Crippen molar-refractivity contribution >= 4 is 60.1 Å². The number of rotatable bonds is 6. The minimum atomic E-state index is -3.80. The average Bonchev–Trinajstić information content (AvgIpc) is 3.38. The van der Waals surface area contributed by atoms with Gasteiger partial charge in [-0.1, -0.05) is 36.0 Å². The SMILES string of the molecule is Cc1cc(S(N)(=O)=O)ccc1NC(=O)CSc1nnc(Br)n1-c1ccc2c3c(cccc13)CC2. The van der Waals surface area contributed by atoms with Crippen LogP contribution in [-0.2, 0) is 27.7 Å². The van der Waals surface area contributed by atoms with Crippen LogP contribution in [0.2, 0.25) is 0 Å². The number of primary sulfonamides is 1. The zero-order valence-corrected chi connectivity index (χ0v) is 21.3. The number of carbonyl (C=O) groups is 1. The highest BCUT2D eigenvalue weighted by Gasteiger charge is 2.21. The van der Waals surface area contributed by atoms with Crippen molar-refractivity contribution in [2.45, 2.75) is 29.8 Å². The molecular weight excluding hydrogens is 538 g/mol. The predicted molar refractivity (Wildman–Crippen MR) is 136 cm³/mol. The molecular formula is C23H20BrN5O3S2. The number of hydrogen-bond acceptors (Lipinski definition) is 6. The first-order valence-electron chi connectivity index (χ1n) is 10.4. The molecule has 174 valence electrons. The second-order valence-corrected chi connectivity index (χ2v) is 11.2. The average molecular weight is 558 g/mol. The Hall–Kier alpha value is -2.73. The third-order valence-corrected chi connectivity index (χ3v) is 8.17. The molecule has 0 spiro atoms. The van der Waals surface area contributed by atoms with Gasteiger partial charge in [-0.15, -0.1) is 10.2 Å². The lowest BCUT2D eigenvalue weighted by atomic mass is 10.0. The molecule has 0 atom stereocenters. The van der Waals surface area contributed by atoms with Crippen molar-refractivity contribution in [3.8, 4) is 5.69 Å². The summed E-state index contributed by atoms with van der Waals surface area (Å²) in [5.74, 6) is -0.148. The number of aryl methyl sites for hydroxylation is 3. The number of nitrogens with one attached hydrogen (secondary N) is 1. The normalized spacial score (nSPS) is 12.9. The third-order valence-electron chi connectivity index (χ3n) is 5.82.